The normalized spacial score (nSPS) is 23.8. The Kier molecular flexibility index (Phi) is 5.44. The second kappa shape index (κ2) is 7.74. The summed E-state index contributed by atoms with van der Waals surface area (Å²) in [6.45, 7) is 2.18. The molecule has 2 aromatic rings. The molecule has 0 aliphatic heterocycles. The topological polar surface area (TPSA) is 17.1 Å². The van der Waals surface area contributed by atoms with Gasteiger partial charge in [-0.05, 0) is 54.7 Å². The van der Waals surface area contributed by atoms with E-state index in [0.717, 1.165) is 25.7 Å². The van der Waals surface area contributed by atoms with Gasteiger partial charge in [0.2, 0.25) is 0 Å². The van der Waals surface area contributed by atoms with Crippen molar-refractivity contribution in [1.29, 1.82) is 0 Å². The highest BCUT2D eigenvalue weighted by molar-refractivity contribution is 5.83. The first-order chi connectivity index (χ1) is 11.6. The van der Waals surface area contributed by atoms with Gasteiger partial charge in [0.15, 0.2) is 0 Å². The predicted octanol–water partition coefficient (Wildman–Crippen LogP) is 5.23. The maximum absolute atomic E-state index is 13.8. The van der Waals surface area contributed by atoms with Crippen LogP contribution in [-0.2, 0) is 17.6 Å². The number of benzene rings is 2. The van der Waals surface area contributed by atoms with Crippen LogP contribution in [0.1, 0.15) is 37.3 Å². The molecule has 1 aliphatic rings. The number of ketones is 1. The van der Waals surface area contributed by atoms with Crippen LogP contribution in [0.25, 0.3) is 0 Å². The van der Waals surface area contributed by atoms with Crippen LogP contribution in [0.3, 0.4) is 0 Å². The van der Waals surface area contributed by atoms with Gasteiger partial charge in [-0.2, -0.15) is 0 Å². The third kappa shape index (κ3) is 4.11. The van der Waals surface area contributed by atoms with E-state index < -0.39 is 0 Å². The van der Waals surface area contributed by atoms with Crippen molar-refractivity contribution >= 4 is 5.78 Å². The van der Waals surface area contributed by atoms with Gasteiger partial charge in [0.05, 0.1) is 0 Å². The molecule has 1 unspecified atom stereocenters. The van der Waals surface area contributed by atoms with E-state index in [4.69, 9.17) is 0 Å². The molecule has 3 atom stereocenters. The average molecular weight is 324 g/mol. The molecule has 0 spiro atoms. The number of Topliss-reactive ketones (excluding diaryl/α,β-unsaturated/α-hetero) is 1. The first-order valence-corrected chi connectivity index (χ1v) is 8.93. The zero-order valence-electron chi connectivity index (χ0n) is 14.2. The van der Waals surface area contributed by atoms with E-state index in [2.05, 4.69) is 31.2 Å². The van der Waals surface area contributed by atoms with E-state index in [9.17, 15) is 9.18 Å². The maximum Gasteiger partial charge on any atom is 0.140 e. The lowest BCUT2D eigenvalue weighted by atomic mass is 9.71. The summed E-state index contributed by atoms with van der Waals surface area (Å²) in [6, 6.07) is 17.2. The van der Waals surface area contributed by atoms with E-state index in [0.29, 0.717) is 17.4 Å². The number of hydrogen-bond acceptors (Lipinski definition) is 1. The van der Waals surface area contributed by atoms with Crippen LogP contribution in [0.2, 0.25) is 0 Å². The van der Waals surface area contributed by atoms with Gasteiger partial charge < -0.3 is 0 Å². The zero-order chi connectivity index (χ0) is 16.9. The SMILES string of the molecule is C[C@@H]1CC(Cc2ccccc2)CC[C@H]1C(=O)Cc1ccccc1F. The molecular formula is C22H25FO. The first kappa shape index (κ1) is 16.9. The molecule has 1 fully saturated rings. The Morgan fingerprint density at radius 1 is 1.04 bits per heavy atom. The number of halogens is 1. The summed E-state index contributed by atoms with van der Waals surface area (Å²) in [5.74, 6) is 1.05. The van der Waals surface area contributed by atoms with Crippen molar-refractivity contribution in [3.8, 4) is 0 Å². The number of hydrogen-bond donors (Lipinski definition) is 0. The fraction of sp³-hybridized carbons (Fsp3) is 0.409. The van der Waals surface area contributed by atoms with Crippen LogP contribution in [0.5, 0.6) is 0 Å². The maximum atomic E-state index is 13.8. The van der Waals surface area contributed by atoms with Gasteiger partial charge in [0, 0.05) is 12.3 Å². The highest BCUT2D eigenvalue weighted by Crippen LogP contribution is 2.36. The van der Waals surface area contributed by atoms with Crippen molar-refractivity contribution in [3.63, 3.8) is 0 Å². The van der Waals surface area contributed by atoms with E-state index >= 15 is 0 Å². The minimum absolute atomic E-state index is 0.0802. The molecule has 0 N–H and O–H groups in total. The highest BCUT2D eigenvalue weighted by Gasteiger charge is 2.32. The Bertz CT molecular complexity index is 679. The molecule has 24 heavy (non-hydrogen) atoms. The van der Waals surface area contributed by atoms with E-state index in [1.54, 1.807) is 18.2 Å². The van der Waals surface area contributed by atoms with Gasteiger partial charge in [-0.25, -0.2) is 4.39 Å². The molecular weight excluding hydrogens is 299 g/mol. The predicted molar refractivity (Wildman–Crippen MR) is 95.3 cm³/mol. The van der Waals surface area contributed by atoms with Crippen LogP contribution >= 0.6 is 0 Å². The van der Waals surface area contributed by atoms with Crippen LogP contribution in [0.15, 0.2) is 54.6 Å². The van der Waals surface area contributed by atoms with Crippen molar-refractivity contribution in [1.82, 2.24) is 0 Å². The standard InChI is InChI=1S/C22H25FO/c1-16-13-18(14-17-7-3-2-4-8-17)11-12-20(16)22(24)15-19-9-5-6-10-21(19)23/h2-10,16,18,20H,11-15H2,1H3/t16-,18?,20-/m1/s1. The fourth-order valence-electron chi connectivity index (χ4n) is 4.08. The first-order valence-electron chi connectivity index (χ1n) is 8.93. The van der Waals surface area contributed by atoms with Gasteiger partial charge in [0.25, 0.3) is 0 Å². The Morgan fingerprint density at radius 2 is 1.75 bits per heavy atom. The Labute approximate surface area is 143 Å². The van der Waals surface area contributed by atoms with Crippen molar-refractivity contribution in [3.05, 3.63) is 71.5 Å². The monoisotopic (exact) mass is 324 g/mol. The van der Waals surface area contributed by atoms with E-state index in [-0.39, 0.29) is 23.9 Å². The Hall–Kier alpha value is -1.96. The molecule has 0 bridgehead atoms. The van der Waals surface area contributed by atoms with Crippen molar-refractivity contribution in [2.75, 3.05) is 0 Å². The van der Waals surface area contributed by atoms with Gasteiger partial charge in [0.1, 0.15) is 11.6 Å². The summed E-state index contributed by atoms with van der Waals surface area (Å²) < 4.78 is 13.8. The van der Waals surface area contributed by atoms with Crippen molar-refractivity contribution < 1.29 is 9.18 Å². The van der Waals surface area contributed by atoms with E-state index in [1.165, 1.54) is 11.6 Å². The summed E-state index contributed by atoms with van der Waals surface area (Å²) in [5, 5.41) is 0. The fourth-order valence-corrected chi connectivity index (χ4v) is 4.08. The Morgan fingerprint density at radius 3 is 2.46 bits per heavy atom. The zero-order valence-corrected chi connectivity index (χ0v) is 14.2. The molecule has 3 rings (SSSR count). The molecule has 1 saturated carbocycles. The number of rotatable bonds is 5. The van der Waals surface area contributed by atoms with Crippen LogP contribution in [0.4, 0.5) is 4.39 Å². The van der Waals surface area contributed by atoms with Crippen LogP contribution in [-0.4, -0.2) is 5.78 Å². The minimum atomic E-state index is -0.267. The van der Waals surface area contributed by atoms with Gasteiger partial charge in [-0.1, -0.05) is 55.5 Å². The summed E-state index contributed by atoms with van der Waals surface area (Å²) in [5.41, 5.74) is 1.91. The molecule has 0 aromatic heterocycles. The number of carbonyl (C=O) groups excluding carboxylic acids is 1. The van der Waals surface area contributed by atoms with Gasteiger partial charge >= 0.3 is 0 Å². The van der Waals surface area contributed by atoms with Gasteiger partial charge in [-0.3, -0.25) is 4.79 Å². The Balaban J connectivity index is 1.57. The summed E-state index contributed by atoms with van der Waals surface area (Å²) in [7, 11) is 0. The van der Waals surface area contributed by atoms with Crippen LogP contribution in [0, 0.1) is 23.6 Å². The second-order valence-corrected chi connectivity index (χ2v) is 7.19. The molecule has 0 saturated heterocycles. The van der Waals surface area contributed by atoms with E-state index in [1.807, 2.05) is 6.07 Å². The summed E-state index contributed by atoms with van der Waals surface area (Å²) in [6.07, 6.45) is 4.44. The smallest absolute Gasteiger partial charge is 0.140 e. The third-order valence-electron chi connectivity index (χ3n) is 5.38. The second-order valence-electron chi connectivity index (χ2n) is 7.19. The average Bonchev–Trinajstić information content (AvgIpc) is 2.58. The number of carbonyl (C=O) groups is 1. The van der Waals surface area contributed by atoms with Gasteiger partial charge in [-0.15, -0.1) is 0 Å². The lowest BCUT2D eigenvalue weighted by Gasteiger charge is -2.33. The molecule has 1 nitrogen and oxygen atoms in total. The van der Waals surface area contributed by atoms with Crippen LogP contribution < -0.4 is 0 Å². The summed E-state index contributed by atoms with van der Waals surface area (Å²) in [4.78, 5) is 12.6. The lowest BCUT2D eigenvalue weighted by molar-refractivity contribution is -0.125. The molecule has 0 radical (unpaired) electrons. The molecule has 126 valence electrons. The highest BCUT2D eigenvalue weighted by atomic mass is 19.1. The lowest BCUT2D eigenvalue weighted by Crippen LogP contribution is -2.31. The largest absolute Gasteiger partial charge is 0.299 e. The summed E-state index contributed by atoms with van der Waals surface area (Å²) >= 11 is 0. The molecule has 1 aliphatic carbocycles. The quantitative estimate of drug-likeness (QED) is 0.736. The molecule has 2 aromatic carbocycles. The van der Waals surface area contributed by atoms with Crippen molar-refractivity contribution in [2.45, 2.75) is 39.0 Å². The molecule has 0 amide bonds. The van der Waals surface area contributed by atoms with Crippen molar-refractivity contribution in [2.24, 2.45) is 17.8 Å². The molecule has 0 heterocycles. The minimum Gasteiger partial charge on any atom is -0.299 e. The third-order valence-corrected chi connectivity index (χ3v) is 5.38. The molecule has 2 heteroatoms.